The zero-order valence-corrected chi connectivity index (χ0v) is 10.8. The number of hydrogen-bond donors (Lipinski definition) is 2. The maximum atomic E-state index is 5.63. The number of nitrogens with two attached hydrogens (primary N) is 1. The summed E-state index contributed by atoms with van der Waals surface area (Å²) in [6, 6.07) is 5.64. The van der Waals surface area contributed by atoms with E-state index >= 15 is 0 Å². The number of aromatic nitrogens is 2. The van der Waals surface area contributed by atoms with Gasteiger partial charge in [0.1, 0.15) is 17.3 Å². The number of aromatic amines is 1. The molecule has 0 amide bonds. The Hall–Kier alpha value is -2.17. The molecule has 0 saturated carbocycles. The fraction of sp³-hybridized carbons (Fsp3) is 0.308. The predicted octanol–water partition coefficient (Wildman–Crippen LogP) is 2.24. The second-order valence-corrected chi connectivity index (χ2v) is 3.89. The third kappa shape index (κ3) is 1.99. The van der Waals surface area contributed by atoms with Crippen LogP contribution in [0.2, 0.25) is 0 Å². The van der Waals surface area contributed by atoms with Gasteiger partial charge in [-0.15, -0.1) is 0 Å². The number of benzene rings is 1. The Labute approximate surface area is 106 Å². The first-order chi connectivity index (χ1) is 8.71. The van der Waals surface area contributed by atoms with Gasteiger partial charge in [0.2, 0.25) is 0 Å². The zero-order chi connectivity index (χ0) is 13.1. The van der Waals surface area contributed by atoms with Crippen LogP contribution in [0.15, 0.2) is 18.2 Å². The molecule has 2 aromatic rings. The Morgan fingerprint density at radius 3 is 2.56 bits per heavy atom. The van der Waals surface area contributed by atoms with Gasteiger partial charge in [0.25, 0.3) is 0 Å². The molecule has 0 aliphatic carbocycles. The molecular weight excluding hydrogens is 230 g/mol. The first-order valence-corrected chi connectivity index (χ1v) is 5.76. The molecule has 0 saturated heterocycles. The number of nitrogen functional groups attached to an aromatic ring is 1. The van der Waals surface area contributed by atoms with Crippen molar-refractivity contribution in [3.8, 4) is 22.8 Å². The highest BCUT2D eigenvalue weighted by molar-refractivity contribution is 5.73. The largest absolute Gasteiger partial charge is 0.496 e. The molecule has 0 radical (unpaired) electrons. The SMILES string of the molecule is CCc1c(OC)ccc(-c2cc(N)n[nH]2)c1OC. The van der Waals surface area contributed by atoms with Crippen molar-refractivity contribution in [2.45, 2.75) is 13.3 Å². The summed E-state index contributed by atoms with van der Waals surface area (Å²) in [6.07, 6.45) is 0.823. The van der Waals surface area contributed by atoms with E-state index in [0.29, 0.717) is 5.82 Å². The molecule has 5 heteroatoms. The molecule has 0 atom stereocenters. The van der Waals surface area contributed by atoms with Gasteiger partial charge in [0.15, 0.2) is 0 Å². The summed E-state index contributed by atoms with van der Waals surface area (Å²) >= 11 is 0. The average Bonchev–Trinajstić information content (AvgIpc) is 2.83. The number of rotatable bonds is 4. The van der Waals surface area contributed by atoms with Crippen LogP contribution in [0, 0.1) is 0 Å². The van der Waals surface area contributed by atoms with Crippen molar-refractivity contribution in [1.29, 1.82) is 0 Å². The molecule has 3 N–H and O–H groups in total. The summed E-state index contributed by atoms with van der Waals surface area (Å²) in [7, 11) is 3.30. The van der Waals surface area contributed by atoms with Crippen LogP contribution in [0.1, 0.15) is 12.5 Å². The van der Waals surface area contributed by atoms with Gasteiger partial charge >= 0.3 is 0 Å². The Morgan fingerprint density at radius 1 is 1.28 bits per heavy atom. The van der Waals surface area contributed by atoms with E-state index in [4.69, 9.17) is 15.2 Å². The monoisotopic (exact) mass is 247 g/mol. The Balaban J connectivity index is 2.61. The average molecular weight is 247 g/mol. The molecule has 96 valence electrons. The van der Waals surface area contributed by atoms with Gasteiger partial charge in [-0.3, -0.25) is 5.10 Å². The number of methoxy groups -OCH3 is 2. The van der Waals surface area contributed by atoms with Gasteiger partial charge in [-0.2, -0.15) is 5.10 Å². The lowest BCUT2D eigenvalue weighted by Crippen LogP contribution is -1.98. The van der Waals surface area contributed by atoms with Gasteiger partial charge < -0.3 is 15.2 Å². The molecule has 0 fully saturated rings. The number of ether oxygens (including phenoxy) is 2. The van der Waals surface area contributed by atoms with Crippen molar-refractivity contribution in [2.24, 2.45) is 0 Å². The van der Waals surface area contributed by atoms with Gasteiger partial charge in [-0.25, -0.2) is 0 Å². The molecule has 2 rings (SSSR count). The maximum Gasteiger partial charge on any atom is 0.145 e. The van der Waals surface area contributed by atoms with Crippen LogP contribution in [-0.2, 0) is 6.42 Å². The van der Waals surface area contributed by atoms with Crippen LogP contribution >= 0.6 is 0 Å². The van der Waals surface area contributed by atoms with Crippen molar-refractivity contribution >= 4 is 5.82 Å². The van der Waals surface area contributed by atoms with E-state index in [9.17, 15) is 0 Å². The first kappa shape index (κ1) is 12.3. The van der Waals surface area contributed by atoms with E-state index in [-0.39, 0.29) is 0 Å². The van der Waals surface area contributed by atoms with E-state index in [1.165, 1.54) is 0 Å². The first-order valence-electron chi connectivity index (χ1n) is 5.76. The van der Waals surface area contributed by atoms with E-state index in [2.05, 4.69) is 17.1 Å². The summed E-state index contributed by atoms with van der Waals surface area (Å²) in [6.45, 7) is 2.06. The molecule has 0 spiro atoms. The fourth-order valence-corrected chi connectivity index (χ4v) is 2.06. The molecular formula is C13H17N3O2. The van der Waals surface area contributed by atoms with E-state index < -0.39 is 0 Å². The van der Waals surface area contributed by atoms with Crippen molar-refractivity contribution in [1.82, 2.24) is 10.2 Å². The van der Waals surface area contributed by atoms with Crippen LogP contribution < -0.4 is 15.2 Å². The number of nitrogens with one attached hydrogen (secondary N) is 1. The smallest absolute Gasteiger partial charge is 0.145 e. The molecule has 0 bridgehead atoms. The summed E-state index contributed by atoms with van der Waals surface area (Å²) in [5, 5.41) is 6.82. The number of hydrogen-bond acceptors (Lipinski definition) is 4. The lowest BCUT2D eigenvalue weighted by molar-refractivity contribution is 0.387. The Morgan fingerprint density at radius 2 is 2.06 bits per heavy atom. The van der Waals surface area contributed by atoms with Crippen LogP contribution in [0.4, 0.5) is 5.82 Å². The van der Waals surface area contributed by atoms with E-state index in [1.807, 2.05) is 12.1 Å². The van der Waals surface area contributed by atoms with Crippen molar-refractivity contribution < 1.29 is 9.47 Å². The zero-order valence-electron chi connectivity index (χ0n) is 10.8. The third-order valence-corrected chi connectivity index (χ3v) is 2.88. The highest BCUT2D eigenvalue weighted by Crippen LogP contribution is 2.38. The summed E-state index contributed by atoms with van der Waals surface area (Å²) in [5.74, 6) is 2.08. The predicted molar refractivity (Wildman–Crippen MR) is 70.9 cm³/mol. The van der Waals surface area contributed by atoms with Crippen LogP contribution in [0.3, 0.4) is 0 Å². The second-order valence-electron chi connectivity index (χ2n) is 3.89. The van der Waals surface area contributed by atoms with Crippen molar-refractivity contribution in [2.75, 3.05) is 20.0 Å². The highest BCUT2D eigenvalue weighted by atomic mass is 16.5. The minimum absolute atomic E-state index is 0.459. The van der Waals surface area contributed by atoms with E-state index in [1.54, 1.807) is 20.3 Å². The topological polar surface area (TPSA) is 73.2 Å². The molecule has 0 unspecified atom stereocenters. The number of anilines is 1. The lowest BCUT2D eigenvalue weighted by atomic mass is 10.0. The van der Waals surface area contributed by atoms with Crippen LogP contribution in [0.5, 0.6) is 11.5 Å². The normalized spacial score (nSPS) is 10.4. The third-order valence-electron chi connectivity index (χ3n) is 2.88. The summed E-state index contributed by atoms with van der Waals surface area (Å²) < 4.78 is 10.8. The molecule has 1 aromatic carbocycles. The molecule has 5 nitrogen and oxygen atoms in total. The van der Waals surface area contributed by atoms with Crippen LogP contribution in [-0.4, -0.2) is 24.4 Å². The highest BCUT2D eigenvalue weighted by Gasteiger charge is 2.15. The van der Waals surface area contributed by atoms with Gasteiger partial charge in [0, 0.05) is 17.2 Å². The standard InChI is InChI=1S/C13H17N3O2/c1-4-8-11(17-2)6-5-9(13(8)18-3)10-7-12(14)16-15-10/h5-7H,4H2,1-3H3,(H3,14,15,16). The molecule has 18 heavy (non-hydrogen) atoms. The molecule has 0 aliphatic heterocycles. The molecule has 1 heterocycles. The second kappa shape index (κ2) is 5.00. The lowest BCUT2D eigenvalue weighted by Gasteiger charge is -2.15. The minimum atomic E-state index is 0.459. The Kier molecular flexibility index (Phi) is 3.41. The number of H-pyrrole nitrogens is 1. The fourth-order valence-electron chi connectivity index (χ4n) is 2.06. The van der Waals surface area contributed by atoms with Crippen molar-refractivity contribution in [3.05, 3.63) is 23.8 Å². The maximum absolute atomic E-state index is 5.63. The minimum Gasteiger partial charge on any atom is -0.496 e. The number of nitrogens with zero attached hydrogens (tertiary/aromatic N) is 1. The van der Waals surface area contributed by atoms with Gasteiger partial charge in [-0.1, -0.05) is 6.92 Å². The van der Waals surface area contributed by atoms with Gasteiger partial charge in [-0.05, 0) is 18.6 Å². The van der Waals surface area contributed by atoms with Crippen molar-refractivity contribution in [3.63, 3.8) is 0 Å². The Bertz CT molecular complexity index is 549. The molecule has 0 aliphatic rings. The summed E-state index contributed by atoms with van der Waals surface area (Å²) in [4.78, 5) is 0. The quantitative estimate of drug-likeness (QED) is 0.869. The molecule has 1 aromatic heterocycles. The summed E-state index contributed by atoms with van der Waals surface area (Å²) in [5.41, 5.74) is 8.42. The van der Waals surface area contributed by atoms with Gasteiger partial charge in [0.05, 0.1) is 19.9 Å². The van der Waals surface area contributed by atoms with E-state index in [0.717, 1.165) is 34.7 Å². The van der Waals surface area contributed by atoms with Crippen LogP contribution in [0.25, 0.3) is 11.3 Å².